The molecule has 0 atom stereocenters. The highest BCUT2D eigenvalue weighted by molar-refractivity contribution is 5.73. The van der Waals surface area contributed by atoms with Crippen molar-refractivity contribution in [3.63, 3.8) is 0 Å². The van der Waals surface area contributed by atoms with Gasteiger partial charge >= 0.3 is 23.9 Å². The summed E-state index contributed by atoms with van der Waals surface area (Å²) in [6.07, 6.45) is 15.2. The zero-order valence-corrected chi connectivity index (χ0v) is 24.5. The molecule has 0 aromatic heterocycles. The molecule has 0 N–H and O–H groups in total. The standard InChI is InChI=1S/C31H52O8/c1-3-5-9-19-27(32)36-21-31(22-37-28(33)20-10-6-4-2,23-38-29(34)25-15-11-7-12-16-25)24-39-30(35)26-17-13-8-14-18-26/h25-26H,3-24H2,1-2H3. The molecule has 39 heavy (non-hydrogen) atoms. The summed E-state index contributed by atoms with van der Waals surface area (Å²) in [5.41, 5.74) is -1.16. The second-order valence-electron chi connectivity index (χ2n) is 11.6. The van der Waals surface area contributed by atoms with Crippen LogP contribution < -0.4 is 0 Å². The summed E-state index contributed by atoms with van der Waals surface area (Å²) in [6, 6.07) is 0. The van der Waals surface area contributed by atoms with Crippen molar-refractivity contribution < 1.29 is 38.1 Å². The van der Waals surface area contributed by atoms with Gasteiger partial charge in [0.15, 0.2) is 0 Å². The lowest BCUT2D eigenvalue weighted by atomic mass is 9.88. The van der Waals surface area contributed by atoms with Gasteiger partial charge in [-0.15, -0.1) is 0 Å². The van der Waals surface area contributed by atoms with Crippen molar-refractivity contribution in [3.8, 4) is 0 Å². The van der Waals surface area contributed by atoms with E-state index in [1.165, 1.54) is 0 Å². The number of carbonyl (C=O) groups excluding carboxylic acids is 4. The number of ether oxygens (including phenoxy) is 4. The van der Waals surface area contributed by atoms with E-state index in [2.05, 4.69) is 13.8 Å². The summed E-state index contributed by atoms with van der Waals surface area (Å²) in [4.78, 5) is 50.8. The predicted molar refractivity (Wildman–Crippen MR) is 148 cm³/mol. The first kappa shape index (κ1) is 33.1. The minimum atomic E-state index is -1.16. The Kier molecular flexibility index (Phi) is 16.2. The molecule has 0 amide bonds. The fourth-order valence-electron chi connectivity index (χ4n) is 5.26. The second-order valence-corrected chi connectivity index (χ2v) is 11.6. The Bertz CT molecular complexity index is 675. The van der Waals surface area contributed by atoms with Gasteiger partial charge in [0.2, 0.25) is 0 Å². The summed E-state index contributed by atoms with van der Waals surface area (Å²) >= 11 is 0. The van der Waals surface area contributed by atoms with E-state index in [0.29, 0.717) is 0 Å². The number of esters is 4. The Hall–Kier alpha value is -2.12. The lowest BCUT2D eigenvalue weighted by Crippen LogP contribution is -2.45. The fraction of sp³-hybridized carbons (Fsp3) is 0.871. The molecule has 0 aromatic carbocycles. The van der Waals surface area contributed by atoms with Crippen LogP contribution in [0.15, 0.2) is 0 Å². The Morgan fingerprint density at radius 3 is 1.26 bits per heavy atom. The van der Waals surface area contributed by atoms with Crippen molar-refractivity contribution in [1.82, 2.24) is 0 Å². The van der Waals surface area contributed by atoms with Gasteiger partial charge < -0.3 is 18.9 Å². The van der Waals surface area contributed by atoms with E-state index in [1.54, 1.807) is 0 Å². The van der Waals surface area contributed by atoms with Crippen LogP contribution in [0.4, 0.5) is 0 Å². The second kappa shape index (κ2) is 19.0. The largest absolute Gasteiger partial charge is 0.465 e. The highest BCUT2D eigenvalue weighted by atomic mass is 16.6. The molecule has 0 aliphatic heterocycles. The average molecular weight is 553 g/mol. The van der Waals surface area contributed by atoms with Gasteiger partial charge in [-0.3, -0.25) is 19.2 Å². The van der Waals surface area contributed by atoms with Crippen molar-refractivity contribution in [2.45, 2.75) is 129 Å². The Labute approximate surface area is 235 Å². The van der Waals surface area contributed by atoms with Gasteiger partial charge in [-0.05, 0) is 38.5 Å². The molecule has 0 radical (unpaired) electrons. The topological polar surface area (TPSA) is 105 Å². The van der Waals surface area contributed by atoms with Crippen LogP contribution in [-0.4, -0.2) is 50.3 Å². The van der Waals surface area contributed by atoms with Crippen LogP contribution >= 0.6 is 0 Å². The molecule has 0 heterocycles. The summed E-state index contributed by atoms with van der Waals surface area (Å²) in [5.74, 6) is -1.62. The van der Waals surface area contributed by atoms with Crippen LogP contribution in [-0.2, 0) is 38.1 Å². The molecule has 2 aliphatic carbocycles. The molecule has 8 heteroatoms. The van der Waals surface area contributed by atoms with Crippen LogP contribution in [0.2, 0.25) is 0 Å². The number of hydrogen-bond acceptors (Lipinski definition) is 8. The first-order valence-corrected chi connectivity index (χ1v) is 15.5. The first-order valence-electron chi connectivity index (χ1n) is 15.5. The zero-order chi connectivity index (χ0) is 28.3. The fourth-order valence-corrected chi connectivity index (χ4v) is 5.26. The van der Waals surface area contributed by atoms with Gasteiger partial charge in [0, 0.05) is 12.8 Å². The van der Waals surface area contributed by atoms with Crippen LogP contribution in [0.1, 0.15) is 129 Å². The van der Waals surface area contributed by atoms with Crippen LogP contribution in [0.5, 0.6) is 0 Å². The first-order chi connectivity index (χ1) is 18.9. The van der Waals surface area contributed by atoms with E-state index in [0.717, 1.165) is 103 Å². The number of carbonyl (C=O) groups is 4. The number of unbranched alkanes of at least 4 members (excludes halogenated alkanes) is 4. The van der Waals surface area contributed by atoms with Crippen LogP contribution in [0, 0.1) is 17.3 Å². The van der Waals surface area contributed by atoms with Crippen LogP contribution in [0.3, 0.4) is 0 Å². The summed E-state index contributed by atoms with van der Waals surface area (Å²) in [5, 5.41) is 0. The quantitative estimate of drug-likeness (QED) is 0.108. The van der Waals surface area contributed by atoms with Gasteiger partial charge in [0.05, 0.1) is 11.8 Å². The molecule has 8 nitrogen and oxygen atoms in total. The minimum Gasteiger partial charge on any atom is -0.465 e. The third-order valence-electron chi connectivity index (χ3n) is 7.97. The van der Waals surface area contributed by atoms with Gasteiger partial charge in [0.1, 0.15) is 31.8 Å². The molecule has 224 valence electrons. The van der Waals surface area contributed by atoms with Gasteiger partial charge in [-0.1, -0.05) is 78.1 Å². The van der Waals surface area contributed by atoms with Crippen molar-refractivity contribution in [1.29, 1.82) is 0 Å². The van der Waals surface area contributed by atoms with Crippen molar-refractivity contribution in [2.24, 2.45) is 17.3 Å². The molecule has 2 fully saturated rings. The maximum atomic E-state index is 12.9. The lowest BCUT2D eigenvalue weighted by Gasteiger charge is -2.33. The van der Waals surface area contributed by atoms with Crippen LogP contribution in [0.25, 0.3) is 0 Å². The van der Waals surface area contributed by atoms with Crippen molar-refractivity contribution in [2.75, 3.05) is 26.4 Å². The number of rotatable bonds is 18. The predicted octanol–water partition coefficient (Wildman–Crippen LogP) is 6.47. The molecular weight excluding hydrogens is 500 g/mol. The van der Waals surface area contributed by atoms with Crippen molar-refractivity contribution in [3.05, 3.63) is 0 Å². The van der Waals surface area contributed by atoms with E-state index in [9.17, 15) is 19.2 Å². The summed E-state index contributed by atoms with van der Waals surface area (Å²) < 4.78 is 22.8. The van der Waals surface area contributed by atoms with E-state index < -0.39 is 5.41 Å². The van der Waals surface area contributed by atoms with E-state index >= 15 is 0 Å². The molecule has 2 aliphatic rings. The maximum Gasteiger partial charge on any atom is 0.308 e. The van der Waals surface area contributed by atoms with E-state index in [-0.39, 0.29) is 75.0 Å². The van der Waals surface area contributed by atoms with E-state index in [1.807, 2.05) is 0 Å². The molecule has 0 unspecified atom stereocenters. The third kappa shape index (κ3) is 13.2. The molecule has 0 aromatic rings. The SMILES string of the molecule is CCCCCC(=O)OCC(COC(=O)CCCCC)(COC(=O)C1CCCCC1)COC(=O)C1CCCCC1. The maximum absolute atomic E-state index is 12.9. The van der Waals surface area contributed by atoms with Gasteiger partial charge in [-0.2, -0.15) is 0 Å². The smallest absolute Gasteiger partial charge is 0.308 e. The molecule has 0 saturated heterocycles. The van der Waals surface area contributed by atoms with Crippen molar-refractivity contribution >= 4 is 23.9 Å². The monoisotopic (exact) mass is 552 g/mol. The molecule has 2 saturated carbocycles. The average Bonchev–Trinajstić information content (AvgIpc) is 2.97. The lowest BCUT2D eigenvalue weighted by molar-refractivity contribution is -0.174. The minimum absolute atomic E-state index is 0.148. The Morgan fingerprint density at radius 1 is 0.538 bits per heavy atom. The molecular formula is C31H52O8. The number of hydrogen-bond donors (Lipinski definition) is 0. The summed E-state index contributed by atoms with van der Waals surface area (Å²) in [7, 11) is 0. The molecule has 0 bridgehead atoms. The van der Waals surface area contributed by atoms with Gasteiger partial charge in [0.25, 0.3) is 0 Å². The summed E-state index contributed by atoms with van der Waals surface area (Å²) in [6.45, 7) is 3.51. The Morgan fingerprint density at radius 2 is 0.897 bits per heavy atom. The zero-order valence-electron chi connectivity index (χ0n) is 24.5. The molecule has 2 rings (SSSR count). The highest BCUT2D eigenvalue weighted by Gasteiger charge is 2.39. The molecule has 0 spiro atoms. The van der Waals surface area contributed by atoms with Gasteiger partial charge in [-0.25, -0.2) is 0 Å². The highest BCUT2D eigenvalue weighted by Crippen LogP contribution is 2.29. The normalized spacial score (nSPS) is 16.9. The third-order valence-corrected chi connectivity index (χ3v) is 7.97. The van der Waals surface area contributed by atoms with E-state index in [4.69, 9.17) is 18.9 Å². The Balaban J connectivity index is 2.13.